The van der Waals surface area contributed by atoms with E-state index < -0.39 is 102 Å². The van der Waals surface area contributed by atoms with Gasteiger partial charge < -0.3 is 114 Å². The number of nitrogens with two attached hydrogens (primary N) is 1. The topological polar surface area (TPSA) is 426 Å². The third-order valence-corrected chi connectivity index (χ3v) is 13.5. The van der Waals surface area contributed by atoms with E-state index in [1.807, 2.05) is 60.7 Å². The maximum Gasteiger partial charge on any atom is 0.408 e. The molecule has 35 heteroatoms. The molecule has 2 aromatic rings. The van der Waals surface area contributed by atoms with Crippen LogP contribution in [0.5, 0.6) is 0 Å². The lowest BCUT2D eigenvalue weighted by atomic mass is 10.2. The molecule has 5 atom stereocenters. The van der Waals surface area contributed by atoms with Crippen LogP contribution in [0.2, 0.25) is 0 Å². The van der Waals surface area contributed by atoms with Gasteiger partial charge in [0.1, 0.15) is 59.8 Å². The Bertz CT molecular complexity index is 2910. The molecule has 6 rings (SSSR count). The number of ether oxygens (including phenoxy) is 12. The smallest absolute Gasteiger partial charge is 0.408 e. The molecule has 4 fully saturated rings. The lowest BCUT2D eigenvalue weighted by Gasteiger charge is -2.31. The first-order valence-electron chi connectivity index (χ1n) is 33.8. The van der Waals surface area contributed by atoms with Crippen LogP contribution in [0.1, 0.15) is 167 Å². The van der Waals surface area contributed by atoms with Crippen LogP contribution in [0.4, 0.5) is 19.2 Å². The van der Waals surface area contributed by atoms with Gasteiger partial charge in [-0.25, -0.2) is 24.0 Å². The van der Waals surface area contributed by atoms with Crippen molar-refractivity contribution in [1.29, 1.82) is 0 Å². The van der Waals surface area contributed by atoms with Gasteiger partial charge in [0.25, 0.3) is 0 Å². The summed E-state index contributed by atoms with van der Waals surface area (Å²) in [6.45, 7) is 30.9. The Hall–Kier alpha value is -8.22. The number of benzene rings is 2. The van der Waals surface area contributed by atoms with Gasteiger partial charge in [-0.2, -0.15) is 0 Å². The van der Waals surface area contributed by atoms with Crippen LogP contribution in [0, 0.1) is 0 Å². The van der Waals surface area contributed by atoms with Crippen molar-refractivity contribution in [3.05, 3.63) is 71.8 Å². The monoisotopic (exact) mass is 1630 g/mol. The van der Waals surface area contributed by atoms with Crippen LogP contribution < -0.4 is 27.0 Å². The fourth-order valence-corrected chi connectivity index (χ4v) is 8.76. The number of rotatable bonds is 22. The number of halogens is 1. The van der Waals surface area contributed by atoms with Crippen molar-refractivity contribution in [3.8, 4) is 0 Å². The third-order valence-electron chi connectivity index (χ3n) is 13.5. The lowest BCUT2D eigenvalue weighted by Crippen LogP contribution is -2.54. The van der Waals surface area contributed by atoms with Gasteiger partial charge in [-0.1, -0.05) is 120 Å². The van der Waals surface area contributed by atoms with Gasteiger partial charge in [-0.15, -0.1) is 12.4 Å². The zero-order valence-corrected chi connectivity index (χ0v) is 63.3. The SMILES string of the molecule is C.C.C.C.C.C.C.C.CC(=O)OCC(N)C(=O)N1CCOCC1.CC(=O)OCC(NC(=O)OC(C)(C)C)C(=O)N1CCOCC1.CC(C)(C)OC(=O)NC(CO)C(=O)N1CCOCC1.CC(C)(C)OC(=O)NC(COCc1ccccc1)C(=O)N1CCOCC1.CC(C)(C)OC(=O)NC(COCc1ccccc1)C(=O)O.Cl. The number of carboxylic acid groups (broad SMARTS) is 1. The second-order valence-corrected chi connectivity index (χ2v) is 27.3. The summed E-state index contributed by atoms with van der Waals surface area (Å²) in [5.41, 5.74) is 4.87. The number of aliphatic carboxylic acids is 1. The first-order valence-corrected chi connectivity index (χ1v) is 33.8. The van der Waals surface area contributed by atoms with Crippen molar-refractivity contribution in [1.82, 2.24) is 40.9 Å². The largest absolute Gasteiger partial charge is 0.480 e. The van der Waals surface area contributed by atoms with Gasteiger partial charge in [0.2, 0.25) is 23.6 Å². The fraction of sp³-hybridized carbons (Fsp3) is 0.701. The molecule has 4 heterocycles. The van der Waals surface area contributed by atoms with Crippen molar-refractivity contribution >= 4 is 78.3 Å². The van der Waals surface area contributed by atoms with E-state index in [1.54, 1.807) is 103 Å². The van der Waals surface area contributed by atoms with Crippen molar-refractivity contribution < 1.29 is 120 Å². The predicted octanol–water partition coefficient (Wildman–Crippen LogP) is 8.42. The molecule has 8 N–H and O–H groups in total. The standard InChI is InChI=1S/C19H28N2O5.C15H21NO5.C14H24N2O6.C12H22N2O5.C9H16N2O4.8CH4.ClH/c1-19(2,3)26-18(23)20-16(17(22)21-9-11-24-12-10-21)14-25-13-15-7-5-4-6-8-15;1-15(2,3)21-14(19)16-12(13(17)18)10-20-9-11-7-5-4-6-8-11;1-10(17)21-9-11(15-13(19)22-14(2,3)4)12(18)16-5-7-20-8-6-16;1-12(2,3)19-11(17)13-9(8-15)10(16)14-4-6-18-7-5-14;1-7(12)15-6-8(10)9(13)11-2-4-14-5-3-11;;;;;;;;;/h4-8,16H,9-14H2,1-3H3,(H,20,23);4-8,12H,9-10H2,1-3H3,(H,16,19)(H,17,18);11H,5-9H2,1-4H3,(H,15,19);9,15H,4-8H2,1-3H3,(H,13,17);8H,2-6,10H2,1H3;8*1H4;1H. The van der Waals surface area contributed by atoms with Crippen LogP contribution >= 0.6 is 12.4 Å². The number of carbonyl (C=O) groups is 11. The number of aliphatic hydroxyl groups is 1. The summed E-state index contributed by atoms with van der Waals surface area (Å²) in [5.74, 6) is -3.15. The molecule has 4 saturated heterocycles. The number of nitrogens with zero attached hydrogens (tertiary/aromatic N) is 4. The Morgan fingerprint density at radius 1 is 0.393 bits per heavy atom. The quantitative estimate of drug-likeness (QED) is 0.0429. The lowest BCUT2D eigenvalue weighted by molar-refractivity contribution is -0.147. The van der Waals surface area contributed by atoms with Gasteiger partial charge in [0, 0.05) is 66.2 Å². The highest BCUT2D eigenvalue weighted by molar-refractivity contribution is 5.88. The van der Waals surface area contributed by atoms with Crippen molar-refractivity contribution in [2.75, 3.05) is 138 Å². The number of carboxylic acids is 1. The number of alkyl carbamates (subject to hydrolysis) is 4. The molecule has 112 heavy (non-hydrogen) atoms. The van der Waals surface area contributed by atoms with E-state index in [0.29, 0.717) is 112 Å². The molecule has 0 bridgehead atoms. The highest BCUT2D eigenvalue weighted by Gasteiger charge is 2.33. The van der Waals surface area contributed by atoms with Gasteiger partial charge >= 0.3 is 42.3 Å². The Morgan fingerprint density at radius 2 is 0.634 bits per heavy atom. The molecule has 0 radical (unpaired) electrons. The van der Waals surface area contributed by atoms with E-state index in [9.17, 15) is 57.8 Å². The number of aliphatic hydroxyl groups excluding tert-OH is 1. The van der Waals surface area contributed by atoms with E-state index >= 15 is 0 Å². The normalized spacial score (nSPS) is 14.8. The summed E-state index contributed by atoms with van der Waals surface area (Å²) in [7, 11) is 0. The summed E-state index contributed by atoms with van der Waals surface area (Å²) in [6.07, 6.45) is -2.86. The van der Waals surface area contributed by atoms with Crippen LogP contribution in [-0.2, 0) is 104 Å². The number of hydrogen-bond donors (Lipinski definition) is 7. The summed E-state index contributed by atoms with van der Waals surface area (Å²) < 4.78 is 61.7. The zero-order chi connectivity index (χ0) is 77.3. The minimum atomic E-state index is -1.17. The summed E-state index contributed by atoms with van der Waals surface area (Å²) in [4.78, 5) is 135. The number of nitrogens with one attached hydrogen (secondary N) is 4. The molecule has 0 aromatic heterocycles. The Balaban J connectivity index is -0.000000199. The predicted molar refractivity (Wildman–Crippen MR) is 431 cm³/mol. The third kappa shape index (κ3) is 56.1. The van der Waals surface area contributed by atoms with Crippen molar-refractivity contribution in [2.45, 2.75) is 222 Å². The molecule has 4 aliphatic rings. The van der Waals surface area contributed by atoms with Crippen LogP contribution in [-0.4, -0.2) is 287 Å². The molecule has 0 aliphatic carbocycles. The van der Waals surface area contributed by atoms with Gasteiger partial charge in [0.05, 0.1) is 85.9 Å². The Kier molecular flexibility index (Phi) is 66.4. The van der Waals surface area contributed by atoms with E-state index in [2.05, 4.69) is 26.0 Å². The van der Waals surface area contributed by atoms with Crippen molar-refractivity contribution in [2.24, 2.45) is 5.73 Å². The summed E-state index contributed by atoms with van der Waals surface area (Å²) in [6, 6.07) is 14.4. The van der Waals surface area contributed by atoms with E-state index in [4.69, 9.17) is 62.9 Å². The highest BCUT2D eigenvalue weighted by atomic mass is 35.5. The maximum absolute atomic E-state index is 12.8. The van der Waals surface area contributed by atoms with Gasteiger partial charge in [-0.05, 0) is 94.2 Å². The maximum atomic E-state index is 12.8. The molecular weight excluding hydrogens is 1490 g/mol. The highest BCUT2D eigenvalue weighted by Crippen LogP contribution is 2.14. The Morgan fingerprint density at radius 3 is 0.902 bits per heavy atom. The fourth-order valence-electron chi connectivity index (χ4n) is 8.76. The Labute approximate surface area is 674 Å². The molecule has 0 saturated carbocycles. The minimum Gasteiger partial charge on any atom is -0.480 e. The average Bonchev–Trinajstić information content (AvgIpc) is 0.868. The average molecular weight is 1630 g/mol. The van der Waals surface area contributed by atoms with Crippen LogP contribution in [0.25, 0.3) is 0 Å². The van der Waals surface area contributed by atoms with E-state index in [1.165, 1.54) is 13.8 Å². The molecule has 4 aliphatic heterocycles. The van der Waals surface area contributed by atoms with E-state index in [-0.39, 0.29) is 128 Å². The summed E-state index contributed by atoms with van der Waals surface area (Å²) >= 11 is 0. The number of carbonyl (C=O) groups excluding carboxylic acids is 10. The summed E-state index contributed by atoms with van der Waals surface area (Å²) in [5, 5.41) is 28.0. The minimum absolute atomic E-state index is 0. The molecule has 0 spiro atoms. The van der Waals surface area contributed by atoms with Gasteiger partial charge in [0.15, 0.2) is 6.04 Å². The number of amides is 8. The molecular formula is C77H144ClN9O25. The molecule has 2 aromatic carbocycles. The molecule has 654 valence electrons. The number of morpholine rings is 4. The molecule has 8 amide bonds. The van der Waals surface area contributed by atoms with Gasteiger partial charge in [-0.3, -0.25) is 28.8 Å². The first-order chi connectivity index (χ1) is 48.3. The molecule has 34 nitrogen and oxygen atoms in total. The van der Waals surface area contributed by atoms with Crippen molar-refractivity contribution in [3.63, 3.8) is 0 Å². The molecule has 5 unspecified atom stereocenters. The van der Waals surface area contributed by atoms with E-state index in [0.717, 1.165) is 11.1 Å². The first kappa shape index (κ1) is 120. The second-order valence-electron chi connectivity index (χ2n) is 27.3. The number of hydrogen-bond acceptors (Lipinski definition) is 25. The zero-order valence-electron chi connectivity index (χ0n) is 62.5. The second kappa shape index (κ2) is 62.3. The number of esters is 2. The van der Waals surface area contributed by atoms with Crippen LogP contribution in [0.15, 0.2) is 60.7 Å². The van der Waals surface area contributed by atoms with Crippen LogP contribution in [0.3, 0.4) is 0 Å².